The standard InChI is InChI=1S/C13H24N4S/c1-5-11-8-16-12(18-11)9-17-13(14-4)15-7-6-10(2)3/h8,10H,5-7,9H2,1-4H3,(H2,14,15,17). The van der Waals surface area contributed by atoms with Crippen LogP contribution >= 0.6 is 11.3 Å². The van der Waals surface area contributed by atoms with Crippen LogP contribution in [0.3, 0.4) is 0 Å². The zero-order valence-electron chi connectivity index (χ0n) is 11.8. The molecule has 0 spiro atoms. The summed E-state index contributed by atoms with van der Waals surface area (Å²) >= 11 is 1.76. The Balaban J connectivity index is 2.31. The number of nitrogens with zero attached hydrogens (tertiary/aromatic N) is 2. The number of aliphatic imine (C=N–C) groups is 1. The average Bonchev–Trinajstić information content (AvgIpc) is 2.81. The van der Waals surface area contributed by atoms with Gasteiger partial charge in [0.15, 0.2) is 5.96 Å². The van der Waals surface area contributed by atoms with E-state index in [9.17, 15) is 0 Å². The molecule has 0 aliphatic heterocycles. The topological polar surface area (TPSA) is 49.3 Å². The van der Waals surface area contributed by atoms with Crippen molar-refractivity contribution in [3.63, 3.8) is 0 Å². The van der Waals surface area contributed by atoms with Crippen LogP contribution in [0.1, 0.15) is 37.1 Å². The van der Waals surface area contributed by atoms with Crippen molar-refractivity contribution in [2.45, 2.75) is 40.2 Å². The lowest BCUT2D eigenvalue weighted by Crippen LogP contribution is -2.37. The van der Waals surface area contributed by atoms with Crippen molar-refractivity contribution in [3.05, 3.63) is 16.1 Å². The predicted molar refractivity (Wildman–Crippen MR) is 79.1 cm³/mol. The third-order valence-electron chi connectivity index (χ3n) is 2.59. The first kappa shape index (κ1) is 15.0. The third-order valence-corrected chi connectivity index (χ3v) is 3.74. The summed E-state index contributed by atoms with van der Waals surface area (Å²) in [7, 11) is 1.80. The molecular weight excluding hydrogens is 244 g/mol. The highest BCUT2D eigenvalue weighted by Crippen LogP contribution is 2.12. The van der Waals surface area contributed by atoms with Crippen molar-refractivity contribution in [1.29, 1.82) is 0 Å². The Morgan fingerprint density at radius 1 is 1.44 bits per heavy atom. The largest absolute Gasteiger partial charge is 0.356 e. The van der Waals surface area contributed by atoms with Crippen molar-refractivity contribution < 1.29 is 0 Å². The van der Waals surface area contributed by atoms with Gasteiger partial charge in [-0.2, -0.15) is 0 Å². The van der Waals surface area contributed by atoms with Crippen LogP contribution in [0.2, 0.25) is 0 Å². The summed E-state index contributed by atoms with van der Waals surface area (Å²) in [4.78, 5) is 9.90. The fourth-order valence-electron chi connectivity index (χ4n) is 1.45. The molecule has 4 nitrogen and oxygen atoms in total. The fraction of sp³-hybridized carbons (Fsp3) is 0.692. The van der Waals surface area contributed by atoms with Gasteiger partial charge in [-0.05, 0) is 18.8 Å². The molecule has 1 rings (SSSR count). The van der Waals surface area contributed by atoms with E-state index in [2.05, 4.69) is 41.4 Å². The molecule has 5 heteroatoms. The van der Waals surface area contributed by atoms with Crippen LogP contribution in [0.25, 0.3) is 0 Å². The van der Waals surface area contributed by atoms with Crippen molar-refractivity contribution in [2.75, 3.05) is 13.6 Å². The minimum absolute atomic E-state index is 0.710. The van der Waals surface area contributed by atoms with E-state index in [1.807, 2.05) is 6.20 Å². The Bertz CT molecular complexity index is 371. The Morgan fingerprint density at radius 3 is 2.78 bits per heavy atom. The molecule has 0 fully saturated rings. The number of nitrogens with one attached hydrogen (secondary N) is 2. The summed E-state index contributed by atoms with van der Waals surface area (Å²) in [6.07, 6.45) is 4.16. The predicted octanol–water partition coefficient (Wildman–Crippen LogP) is 2.42. The zero-order chi connectivity index (χ0) is 13.4. The molecule has 0 aliphatic carbocycles. The highest BCUT2D eigenvalue weighted by Gasteiger charge is 2.02. The molecule has 0 saturated carbocycles. The van der Waals surface area contributed by atoms with Gasteiger partial charge in [0.2, 0.25) is 0 Å². The van der Waals surface area contributed by atoms with Crippen molar-refractivity contribution in [3.8, 4) is 0 Å². The fourth-order valence-corrected chi connectivity index (χ4v) is 2.25. The highest BCUT2D eigenvalue weighted by molar-refractivity contribution is 7.11. The first-order valence-electron chi connectivity index (χ1n) is 6.53. The first-order chi connectivity index (χ1) is 8.65. The lowest BCUT2D eigenvalue weighted by molar-refractivity contribution is 0.573. The second-order valence-electron chi connectivity index (χ2n) is 4.61. The number of hydrogen-bond acceptors (Lipinski definition) is 3. The molecule has 0 aliphatic rings. The summed E-state index contributed by atoms with van der Waals surface area (Å²) in [5, 5.41) is 7.70. The third kappa shape index (κ3) is 5.49. The van der Waals surface area contributed by atoms with Crippen molar-refractivity contribution in [2.24, 2.45) is 10.9 Å². The number of thiazole rings is 1. The molecule has 0 atom stereocenters. The molecule has 18 heavy (non-hydrogen) atoms. The van der Waals surface area contributed by atoms with Gasteiger partial charge in [0.1, 0.15) is 5.01 Å². The summed E-state index contributed by atoms with van der Waals surface area (Å²) in [6, 6.07) is 0. The van der Waals surface area contributed by atoms with Gasteiger partial charge in [-0.1, -0.05) is 20.8 Å². The maximum atomic E-state index is 4.38. The Kier molecular flexibility index (Phi) is 6.72. The van der Waals surface area contributed by atoms with Gasteiger partial charge >= 0.3 is 0 Å². The van der Waals surface area contributed by atoms with E-state index in [1.54, 1.807) is 18.4 Å². The molecule has 0 aromatic carbocycles. The van der Waals surface area contributed by atoms with Crippen LogP contribution in [-0.2, 0) is 13.0 Å². The van der Waals surface area contributed by atoms with Gasteiger partial charge in [-0.3, -0.25) is 4.99 Å². The van der Waals surface area contributed by atoms with Gasteiger partial charge < -0.3 is 10.6 Å². The zero-order valence-corrected chi connectivity index (χ0v) is 12.6. The molecule has 102 valence electrons. The van der Waals surface area contributed by atoms with E-state index in [4.69, 9.17) is 0 Å². The SMILES string of the molecule is CCc1cnc(CNC(=NC)NCCC(C)C)s1. The monoisotopic (exact) mass is 268 g/mol. The maximum absolute atomic E-state index is 4.38. The van der Waals surface area contributed by atoms with Crippen LogP contribution in [0.4, 0.5) is 0 Å². The van der Waals surface area contributed by atoms with Gasteiger partial charge in [0, 0.05) is 24.7 Å². The molecule has 0 amide bonds. The number of hydrogen-bond donors (Lipinski definition) is 2. The van der Waals surface area contributed by atoms with Crippen LogP contribution < -0.4 is 10.6 Å². The Morgan fingerprint density at radius 2 is 2.22 bits per heavy atom. The summed E-state index contributed by atoms with van der Waals surface area (Å²) in [5.74, 6) is 1.56. The maximum Gasteiger partial charge on any atom is 0.191 e. The van der Waals surface area contributed by atoms with E-state index in [0.29, 0.717) is 5.92 Å². The van der Waals surface area contributed by atoms with Gasteiger partial charge in [-0.15, -0.1) is 11.3 Å². The van der Waals surface area contributed by atoms with Gasteiger partial charge in [0.25, 0.3) is 0 Å². The minimum Gasteiger partial charge on any atom is -0.356 e. The van der Waals surface area contributed by atoms with E-state index in [-0.39, 0.29) is 0 Å². The molecule has 0 radical (unpaired) electrons. The minimum atomic E-state index is 0.710. The van der Waals surface area contributed by atoms with E-state index < -0.39 is 0 Å². The van der Waals surface area contributed by atoms with Crippen molar-refractivity contribution in [1.82, 2.24) is 15.6 Å². The normalized spacial score (nSPS) is 11.9. The van der Waals surface area contributed by atoms with E-state index in [0.717, 1.165) is 36.9 Å². The first-order valence-corrected chi connectivity index (χ1v) is 7.35. The molecule has 0 unspecified atom stereocenters. The molecule has 0 bridgehead atoms. The molecule has 1 aromatic heterocycles. The van der Waals surface area contributed by atoms with Crippen LogP contribution in [-0.4, -0.2) is 24.5 Å². The second-order valence-corrected chi connectivity index (χ2v) is 5.81. The summed E-state index contributed by atoms with van der Waals surface area (Å²) in [5.41, 5.74) is 0. The number of aromatic nitrogens is 1. The Labute approximate surface area is 114 Å². The number of rotatable bonds is 6. The smallest absolute Gasteiger partial charge is 0.191 e. The van der Waals surface area contributed by atoms with Crippen LogP contribution in [0, 0.1) is 5.92 Å². The number of guanidine groups is 1. The van der Waals surface area contributed by atoms with Gasteiger partial charge in [0.05, 0.1) is 6.54 Å². The van der Waals surface area contributed by atoms with E-state index in [1.165, 1.54) is 4.88 Å². The number of aryl methyl sites for hydroxylation is 1. The highest BCUT2D eigenvalue weighted by atomic mass is 32.1. The van der Waals surface area contributed by atoms with E-state index >= 15 is 0 Å². The van der Waals surface area contributed by atoms with Crippen molar-refractivity contribution >= 4 is 17.3 Å². The summed E-state index contributed by atoms with van der Waals surface area (Å²) < 4.78 is 0. The molecule has 1 heterocycles. The molecule has 1 aromatic rings. The van der Waals surface area contributed by atoms with Crippen LogP contribution in [0.15, 0.2) is 11.2 Å². The second kappa shape index (κ2) is 8.08. The lowest BCUT2D eigenvalue weighted by Gasteiger charge is -2.11. The molecular formula is C13H24N4S. The molecule has 0 saturated heterocycles. The quantitative estimate of drug-likeness (QED) is 0.615. The van der Waals surface area contributed by atoms with Crippen LogP contribution in [0.5, 0.6) is 0 Å². The Hall–Kier alpha value is -1.10. The summed E-state index contributed by atoms with van der Waals surface area (Å²) in [6.45, 7) is 8.29. The molecule has 2 N–H and O–H groups in total. The van der Waals surface area contributed by atoms with Gasteiger partial charge in [-0.25, -0.2) is 4.98 Å². The lowest BCUT2D eigenvalue weighted by atomic mass is 10.1. The average molecular weight is 268 g/mol.